The maximum atomic E-state index is 12.6. The molecule has 1 saturated heterocycles. The van der Waals surface area contributed by atoms with Crippen LogP contribution in [0.3, 0.4) is 0 Å². The first-order chi connectivity index (χ1) is 14.4. The van der Waals surface area contributed by atoms with Crippen molar-refractivity contribution in [3.63, 3.8) is 0 Å². The molecular weight excluding hydrogens is 420 g/mol. The van der Waals surface area contributed by atoms with Gasteiger partial charge in [-0.15, -0.1) is 11.8 Å². The molecule has 0 aromatic heterocycles. The lowest BCUT2D eigenvalue weighted by molar-refractivity contribution is -0.127. The van der Waals surface area contributed by atoms with E-state index in [4.69, 9.17) is 4.74 Å². The molecule has 0 atom stereocenters. The number of carbonyl (C=O) groups excluding carboxylic acids is 3. The molecule has 6 nitrogen and oxygen atoms in total. The Kier molecular flexibility index (Phi) is 7.23. The van der Waals surface area contributed by atoms with E-state index in [1.807, 2.05) is 62.6 Å². The first-order valence-electron chi connectivity index (χ1n) is 9.31. The number of hydrogen-bond donors (Lipinski definition) is 1. The van der Waals surface area contributed by atoms with Crippen molar-refractivity contribution in [2.24, 2.45) is 0 Å². The Morgan fingerprint density at radius 3 is 2.60 bits per heavy atom. The van der Waals surface area contributed by atoms with Crippen LogP contribution in [-0.2, 0) is 9.59 Å². The second-order valence-corrected chi connectivity index (χ2v) is 8.66. The molecule has 0 radical (unpaired) electrons. The summed E-state index contributed by atoms with van der Waals surface area (Å²) in [5, 5.41) is 2.27. The first kappa shape index (κ1) is 22.0. The molecule has 0 saturated carbocycles. The Hall–Kier alpha value is -2.71. The third kappa shape index (κ3) is 5.67. The van der Waals surface area contributed by atoms with E-state index in [2.05, 4.69) is 5.32 Å². The zero-order valence-electron chi connectivity index (χ0n) is 16.9. The fourth-order valence-corrected chi connectivity index (χ4v) is 4.05. The molecule has 1 heterocycles. The molecule has 0 spiro atoms. The van der Waals surface area contributed by atoms with Crippen molar-refractivity contribution in [3.8, 4) is 5.75 Å². The molecule has 1 aliphatic heterocycles. The number of carbonyl (C=O) groups is 3. The fraction of sp³-hybridized carbons (Fsp3) is 0.227. The molecule has 8 heteroatoms. The summed E-state index contributed by atoms with van der Waals surface area (Å²) in [6.07, 6.45) is 3.66. The lowest BCUT2D eigenvalue weighted by Crippen LogP contribution is -2.36. The number of anilines is 1. The van der Waals surface area contributed by atoms with E-state index < -0.39 is 17.1 Å². The van der Waals surface area contributed by atoms with Crippen LogP contribution in [-0.4, -0.2) is 40.9 Å². The number of hydrogen-bond acceptors (Lipinski definition) is 6. The van der Waals surface area contributed by atoms with Crippen LogP contribution >= 0.6 is 23.5 Å². The minimum absolute atomic E-state index is 0.0710. The monoisotopic (exact) mass is 442 g/mol. The summed E-state index contributed by atoms with van der Waals surface area (Å²) in [7, 11) is 0. The molecule has 3 rings (SSSR count). The number of imide groups is 1. The third-order valence-corrected chi connectivity index (χ3v) is 5.71. The Morgan fingerprint density at radius 2 is 1.93 bits per heavy atom. The molecule has 0 unspecified atom stereocenters. The van der Waals surface area contributed by atoms with Gasteiger partial charge in [-0.2, -0.15) is 0 Å². The number of amides is 3. The van der Waals surface area contributed by atoms with E-state index in [0.717, 1.165) is 32.9 Å². The van der Waals surface area contributed by atoms with Gasteiger partial charge in [-0.1, -0.05) is 18.2 Å². The van der Waals surface area contributed by atoms with Crippen LogP contribution in [0.4, 0.5) is 10.5 Å². The molecule has 156 valence electrons. The maximum Gasteiger partial charge on any atom is 0.294 e. The van der Waals surface area contributed by atoms with Crippen LogP contribution < -0.4 is 10.1 Å². The van der Waals surface area contributed by atoms with Gasteiger partial charge in [-0.3, -0.25) is 19.3 Å². The van der Waals surface area contributed by atoms with Crippen molar-refractivity contribution >= 4 is 52.3 Å². The first-order valence-corrected chi connectivity index (χ1v) is 11.4. The number of benzene rings is 2. The van der Waals surface area contributed by atoms with Crippen LogP contribution in [0.5, 0.6) is 5.75 Å². The van der Waals surface area contributed by atoms with E-state index in [0.29, 0.717) is 5.69 Å². The number of ether oxygens (including phenoxy) is 1. The molecular formula is C22H22N2O4S2. The van der Waals surface area contributed by atoms with Crippen molar-refractivity contribution < 1.29 is 19.1 Å². The highest BCUT2D eigenvalue weighted by Crippen LogP contribution is 2.32. The highest BCUT2D eigenvalue weighted by molar-refractivity contribution is 8.18. The van der Waals surface area contributed by atoms with Gasteiger partial charge in [0, 0.05) is 10.6 Å². The average Bonchev–Trinajstić information content (AvgIpc) is 2.96. The van der Waals surface area contributed by atoms with Gasteiger partial charge in [0.2, 0.25) is 5.91 Å². The molecule has 2 aromatic carbocycles. The summed E-state index contributed by atoms with van der Waals surface area (Å²) in [5.41, 5.74) is 1.40. The standard InChI is InChI=1S/C22H22N2O4S2/c1-14(2)28-17-9-7-15(8-10-17)11-19-21(26)24(22(27)30-19)13-20(25)23-16-5-4-6-18(12-16)29-3/h4-12,14H,13H2,1-3H3,(H,23,25)/b19-11-. The molecule has 30 heavy (non-hydrogen) atoms. The Balaban J connectivity index is 1.65. The van der Waals surface area contributed by atoms with Gasteiger partial charge in [0.05, 0.1) is 11.0 Å². The van der Waals surface area contributed by atoms with Gasteiger partial charge in [0.25, 0.3) is 11.1 Å². The minimum Gasteiger partial charge on any atom is -0.491 e. The van der Waals surface area contributed by atoms with Gasteiger partial charge in [0.15, 0.2) is 0 Å². The lowest BCUT2D eigenvalue weighted by Gasteiger charge is -2.12. The van der Waals surface area contributed by atoms with E-state index in [-0.39, 0.29) is 17.6 Å². The molecule has 3 amide bonds. The third-order valence-electron chi connectivity index (χ3n) is 4.08. The summed E-state index contributed by atoms with van der Waals surface area (Å²) in [6, 6.07) is 14.6. The number of thioether (sulfide) groups is 2. The van der Waals surface area contributed by atoms with E-state index in [1.165, 1.54) is 0 Å². The second-order valence-electron chi connectivity index (χ2n) is 6.78. The fourth-order valence-electron chi connectivity index (χ4n) is 2.75. The Labute approximate surface area is 184 Å². The SMILES string of the molecule is CSc1cccc(NC(=O)CN2C(=O)S/C(=C\c3ccc(OC(C)C)cc3)C2=O)c1. The molecule has 0 aliphatic carbocycles. The second kappa shape index (κ2) is 9.86. The summed E-state index contributed by atoms with van der Waals surface area (Å²) in [6.45, 7) is 3.56. The zero-order chi connectivity index (χ0) is 21.7. The van der Waals surface area contributed by atoms with Crippen molar-refractivity contribution in [1.82, 2.24) is 4.90 Å². The van der Waals surface area contributed by atoms with Gasteiger partial charge >= 0.3 is 0 Å². The average molecular weight is 443 g/mol. The van der Waals surface area contributed by atoms with Gasteiger partial charge in [-0.05, 0) is 73.8 Å². The maximum absolute atomic E-state index is 12.6. The molecule has 0 bridgehead atoms. The van der Waals surface area contributed by atoms with Crippen molar-refractivity contribution in [1.29, 1.82) is 0 Å². The van der Waals surface area contributed by atoms with E-state index in [9.17, 15) is 14.4 Å². The topological polar surface area (TPSA) is 75.7 Å². The van der Waals surface area contributed by atoms with E-state index >= 15 is 0 Å². The van der Waals surface area contributed by atoms with Gasteiger partial charge in [-0.25, -0.2) is 0 Å². The normalized spacial score (nSPS) is 15.2. The van der Waals surface area contributed by atoms with Crippen molar-refractivity contribution in [2.75, 3.05) is 18.1 Å². The van der Waals surface area contributed by atoms with Crippen LogP contribution in [0.15, 0.2) is 58.3 Å². The quantitative estimate of drug-likeness (QED) is 0.487. The number of rotatable bonds is 7. The summed E-state index contributed by atoms with van der Waals surface area (Å²) in [4.78, 5) is 39.5. The van der Waals surface area contributed by atoms with Gasteiger partial charge in [0.1, 0.15) is 12.3 Å². The van der Waals surface area contributed by atoms with Crippen molar-refractivity contribution in [3.05, 3.63) is 59.0 Å². The number of nitrogens with zero attached hydrogens (tertiary/aromatic N) is 1. The van der Waals surface area contributed by atoms with Gasteiger partial charge < -0.3 is 10.1 Å². The molecule has 1 fully saturated rings. The Bertz CT molecular complexity index is 987. The summed E-state index contributed by atoms with van der Waals surface area (Å²) < 4.78 is 5.60. The van der Waals surface area contributed by atoms with Crippen LogP contribution in [0.1, 0.15) is 19.4 Å². The molecule has 1 aliphatic rings. The zero-order valence-corrected chi connectivity index (χ0v) is 18.5. The minimum atomic E-state index is -0.472. The Morgan fingerprint density at radius 1 is 1.20 bits per heavy atom. The van der Waals surface area contributed by atoms with Crippen molar-refractivity contribution in [2.45, 2.75) is 24.8 Å². The van der Waals surface area contributed by atoms with Crippen LogP contribution in [0, 0.1) is 0 Å². The lowest BCUT2D eigenvalue weighted by atomic mass is 10.2. The summed E-state index contributed by atoms with van der Waals surface area (Å²) >= 11 is 2.39. The molecule has 1 N–H and O–H groups in total. The molecule has 2 aromatic rings. The predicted molar refractivity (Wildman–Crippen MR) is 122 cm³/mol. The van der Waals surface area contributed by atoms with Crippen LogP contribution in [0.2, 0.25) is 0 Å². The smallest absolute Gasteiger partial charge is 0.294 e. The number of nitrogens with one attached hydrogen (secondary N) is 1. The van der Waals surface area contributed by atoms with Crippen LogP contribution in [0.25, 0.3) is 6.08 Å². The summed E-state index contributed by atoms with van der Waals surface area (Å²) in [5.74, 6) is -0.162. The highest BCUT2D eigenvalue weighted by Gasteiger charge is 2.36. The predicted octanol–water partition coefficient (Wildman–Crippen LogP) is 4.87. The highest BCUT2D eigenvalue weighted by atomic mass is 32.2. The van der Waals surface area contributed by atoms with E-state index in [1.54, 1.807) is 23.9 Å². The largest absolute Gasteiger partial charge is 0.491 e.